The lowest BCUT2D eigenvalue weighted by atomic mass is 10.1. The maximum absolute atomic E-state index is 12.3. The zero-order chi connectivity index (χ0) is 17.8. The third kappa shape index (κ3) is 3.63. The number of carbonyl (C=O) groups is 1. The lowest BCUT2D eigenvalue weighted by Gasteiger charge is -2.10. The number of ether oxygens (including phenoxy) is 1. The van der Waals surface area contributed by atoms with E-state index in [-0.39, 0.29) is 5.91 Å². The van der Waals surface area contributed by atoms with Gasteiger partial charge in [0.15, 0.2) is 5.82 Å². The Morgan fingerprint density at radius 2 is 1.92 bits per heavy atom. The molecular formula is C19H18N4O2. The van der Waals surface area contributed by atoms with E-state index in [1.165, 1.54) is 6.20 Å². The highest BCUT2D eigenvalue weighted by molar-refractivity contribution is 6.04. The first kappa shape index (κ1) is 16.6. The molecule has 1 N–H and O–H groups in total. The molecule has 1 aromatic carbocycles. The number of nitrogens with zero attached hydrogens (tertiary/aromatic N) is 3. The molecule has 6 heteroatoms. The molecule has 0 saturated carbocycles. The summed E-state index contributed by atoms with van der Waals surface area (Å²) in [4.78, 5) is 25.0. The first-order chi connectivity index (χ1) is 12.1. The second-order valence-corrected chi connectivity index (χ2v) is 5.64. The summed E-state index contributed by atoms with van der Waals surface area (Å²) in [7, 11) is 1.62. The SMILES string of the molecule is COc1ccc(C)cc1-c1cnc(NC(=O)c2ccncc2C)cn1. The topological polar surface area (TPSA) is 77.0 Å². The van der Waals surface area contributed by atoms with Gasteiger partial charge in [0.25, 0.3) is 5.91 Å². The summed E-state index contributed by atoms with van der Waals surface area (Å²) in [5.41, 5.74) is 4.00. The van der Waals surface area contributed by atoms with Gasteiger partial charge in [-0.05, 0) is 37.6 Å². The molecule has 25 heavy (non-hydrogen) atoms. The van der Waals surface area contributed by atoms with Crippen molar-refractivity contribution in [2.75, 3.05) is 12.4 Å². The lowest BCUT2D eigenvalue weighted by Crippen LogP contribution is -2.14. The van der Waals surface area contributed by atoms with E-state index in [1.54, 1.807) is 31.8 Å². The van der Waals surface area contributed by atoms with Crippen LogP contribution in [0.3, 0.4) is 0 Å². The Balaban J connectivity index is 1.83. The van der Waals surface area contributed by atoms with E-state index in [1.807, 2.05) is 32.0 Å². The van der Waals surface area contributed by atoms with Crippen LogP contribution < -0.4 is 10.1 Å². The number of pyridine rings is 1. The maximum atomic E-state index is 12.3. The van der Waals surface area contributed by atoms with Crippen molar-refractivity contribution in [3.05, 3.63) is 65.7 Å². The molecule has 6 nitrogen and oxygen atoms in total. The van der Waals surface area contributed by atoms with Gasteiger partial charge in [-0.25, -0.2) is 4.98 Å². The van der Waals surface area contributed by atoms with Crippen LogP contribution in [-0.2, 0) is 0 Å². The Labute approximate surface area is 145 Å². The summed E-state index contributed by atoms with van der Waals surface area (Å²) < 4.78 is 5.38. The number of aromatic nitrogens is 3. The van der Waals surface area contributed by atoms with Crippen molar-refractivity contribution in [3.63, 3.8) is 0 Å². The monoisotopic (exact) mass is 334 g/mol. The van der Waals surface area contributed by atoms with Crippen molar-refractivity contribution in [2.45, 2.75) is 13.8 Å². The maximum Gasteiger partial charge on any atom is 0.257 e. The highest BCUT2D eigenvalue weighted by Crippen LogP contribution is 2.29. The summed E-state index contributed by atoms with van der Waals surface area (Å²) >= 11 is 0. The van der Waals surface area contributed by atoms with Crippen LogP contribution in [0, 0.1) is 13.8 Å². The number of anilines is 1. The zero-order valence-electron chi connectivity index (χ0n) is 14.3. The molecule has 3 aromatic rings. The van der Waals surface area contributed by atoms with Gasteiger partial charge in [-0.2, -0.15) is 0 Å². The van der Waals surface area contributed by atoms with Gasteiger partial charge in [0.1, 0.15) is 5.75 Å². The fourth-order valence-corrected chi connectivity index (χ4v) is 2.47. The number of rotatable bonds is 4. The molecule has 0 fully saturated rings. The van der Waals surface area contributed by atoms with Gasteiger partial charge < -0.3 is 10.1 Å². The molecule has 1 amide bonds. The third-order valence-corrected chi connectivity index (χ3v) is 3.79. The fraction of sp³-hybridized carbons (Fsp3) is 0.158. The predicted molar refractivity (Wildman–Crippen MR) is 95.7 cm³/mol. The predicted octanol–water partition coefficient (Wildman–Crippen LogP) is 3.42. The Morgan fingerprint density at radius 3 is 2.60 bits per heavy atom. The third-order valence-electron chi connectivity index (χ3n) is 3.79. The highest BCUT2D eigenvalue weighted by Gasteiger charge is 2.11. The van der Waals surface area contributed by atoms with Crippen LogP contribution in [0.25, 0.3) is 11.3 Å². The molecule has 0 spiro atoms. The van der Waals surface area contributed by atoms with Gasteiger partial charge in [0, 0.05) is 23.5 Å². The molecule has 0 aliphatic carbocycles. The number of carbonyl (C=O) groups excluding carboxylic acids is 1. The van der Waals surface area contributed by atoms with Crippen LogP contribution in [0.2, 0.25) is 0 Å². The minimum atomic E-state index is -0.241. The quantitative estimate of drug-likeness (QED) is 0.791. The highest BCUT2D eigenvalue weighted by atomic mass is 16.5. The number of benzene rings is 1. The minimum Gasteiger partial charge on any atom is -0.496 e. The van der Waals surface area contributed by atoms with E-state index >= 15 is 0 Å². The Kier molecular flexibility index (Phi) is 4.70. The molecule has 0 saturated heterocycles. The normalized spacial score (nSPS) is 10.4. The van der Waals surface area contributed by atoms with Crippen LogP contribution in [0.15, 0.2) is 49.1 Å². The average Bonchev–Trinajstić information content (AvgIpc) is 2.62. The number of amides is 1. The molecule has 0 atom stereocenters. The zero-order valence-corrected chi connectivity index (χ0v) is 14.3. The van der Waals surface area contributed by atoms with E-state index in [9.17, 15) is 4.79 Å². The van der Waals surface area contributed by atoms with Crippen molar-refractivity contribution in [3.8, 4) is 17.0 Å². The second kappa shape index (κ2) is 7.09. The largest absolute Gasteiger partial charge is 0.496 e. The molecule has 2 heterocycles. The van der Waals surface area contributed by atoms with Gasteiger partial charge in [-0.1, -0.05) is 11.6 Å². The van der Waals surface area contributed by atoms with Crippen molar-refractivity contribution < 1.29 is 9.53 Å². The summed E-state index contributed by atoms with van der Waals surface area (Å²) in [6, 6.07) is 7.53. The second-order valence-electron chi connectivity index (χ2n) is 5.64. The summed E-state index contributed by atoms with van der Waals surface area (Å²) in [6.07, 6.45) is 6.38. The number of methoxy groups -OCH3 is 1. The van der Waals surface area contributed by atoms with Crippen LogP contribution in [0.1, 0.15) is 21.5 Å². The van der Waals surface area contributed by atoms with E-state index in [2.05, 4.69) is 20.3 Å². The van der Waals surface area contributed by atoms with Gasteiger partial charge in [0.2, 0.25) is 0 Å². The molecule has 0 bridgehead atoms. The van der Waals surface area contributed by atoms with Crippen molar-refractivity contribution >= 4 is 11.7 Å². The van der Waals surface area contributed by atoms with Gasteiger partial charge in [-0.15, -0.1) is 0 Å². The van der Waals surface area contributed by atoms with Crippen molar-refractivity contribution in [1.29, 1.82) is 0 Å². The van der Waals surface area contributed by atoms with Gasteiger partial charge >= 0.3 is 0 Å². The van der Waals surface area contributed by atoms with Crippen LogP contribution in [-0.4, -0.2) is 28.0 Å². The van der Waals surface area contributed by atoms with Gasteiger partial charge in [-0.3, -0.25) is 14.8 Å². The summed E-state index contributed by atoms with van der Waals surface area (Å²) in [6.45, 7) is 3.84. The number of nitrogens with one attached hydrogen (secondary N) is 1. The Morgan fingerprint density at radius 1 is 1.08 bits per heavy atom. The first-order valence-electron chi connectivity index (χ1n) is 7.77. The molecule has 0 unspecified atom stereocenters. The lowest BCUT2D eigenvalue weighted by molar-refractivity contribution is 0.102. The molecular weight excluding hydrogens is 316 g/mol. The summed E-state index contributed by atoms with van der Waals surface area (Å²) in [5, 5.41) is 2.75. The van der Waals surface area contributed by atoms with Gasteiger partial charge in [0.05, 0.1) is 25.2 Å². The van der Waals surface area contributed by atoms with Crippen LogP contribution in [0.5, 0.6) is 5.75 Å². The Hall–Kier alpha value is -3.28. The number of hydrogen-bond acceptors (Lipinski definition) is 5. The average molecular weight is 334 g/mol. The van der Waals surface area contributed by atoms with E-state index < -0.39 is 0 Å². The minimum absolute atomic E-state index is 0.241. The molecule has 2 aromatic heterocycles. The standard InChI is InChI=1S/C19H18N4O2/c1-12-4-5-17(25-3)15(8-12)16-10-22-18(11-21-16)23-19(24)14-6-7-20-9-13(14)2/h4-11H,1-3H3,(H,22,23,24). The van der Waals surface area contributed by atoms with Crippen molar-refractivity contribution in [1.82, 2.24) is 15.0 Å². The van der Waals surface area contributed by atoms with Crippen LogP contribution >= 0.6 is 0 Å². The molecule has 0 aliphatic heterocycles. The van der Waals surface area contributed by atoms with E-state index in [0.29, 0.717) is 17.1 Å². The fourth-order valence-electron chi connectivity index (χ4n) is 2.47. The molecule has 3 rings (SSSR count). The van der Waals surface area contributed by atoms with Crippen LogP contribution in [0.4, 0.5) is 5.82 Å². The number of hydrogen-bond donors (Lipinski definition) is 1. The van der Waals surface area contributed by atoms with E-state index in [4.69, 9.17) is 4.74 Å². The number of aryl methyl sites for hydroxylation is 2. The molecule has 0 radical (unpaired) electrons. The smallest absolute Gasteiger partial charge is 0.257 e. The molecule has 0 aliphatic rings. The van der Waals surface area contributed by atoms with E-state index in [0.717, 1.165) is 22.4 Å². The molecule has 126 valence electrons. The summed E-state index contributed by atoms with van der Waals surface area (Å²) in [5.74, 6) is 0.871. The van der Waals surface area contributed by atoms with Crippen molar-refractivity contribution in [2.24, 2.45) is 0 Å². The Bertz CT molecular complexity index is 908. The first-order valence-corrected chi connectivity index (χ1v) is 7.77.